The largest absolute Gasteiger partial charge is 0.495 e. The van der Waals surface area contributed by atoms with Gasteiger partial charge in [0.25, 0.3) is 0 Å². The van der Waals surface area contributed by atoms with Crippen LogP contribution in [0.15, 0.2) is 42.5 Å². The number of hydrogen-bond acceptors (Lipinski definition) is 4. The number of rotatable bonds is 7. The Morgan fingerprint density at radius 2 is 1.92 bits per heavy atom. The van der Waals surface area contributed by atoms with Crippen LogP contribution < -0.4 is 20.1 Å². The molecule has 2 N–H and O–H groups in total. The molecule has 7 heteroatoms. The van der Waals surface area contributed by atoms with E-state index in [1.807, 2.05) is 25.1 Å². The molecule has 138 valence electrons. The summed E-state index contributed by atoms with van der Waals surface area (Å²) in [6.07, 6.45) is 0.880. The highest BCUT2D eigenvalue weighted by Gasteiger charge is 2.08. The van der Waals surface area contributed by atoms with Crippen LogP contribution in [0.3, 0.4) is 0 Å². The summed E-state index contributed by atoms with van der Waals surface area (Å²) in [5, 5.41) is 6.53. The van der Waals surface area contributed by atoms with Gasteiger partial charge in [0.1, 0.15) is 11.5 Å². The molecule has 0 radical (unpaired) electrons. The molecule has 0 aliphatic heterocycles. The van der Waals surface area contributed by atoms with E-state index in [-0.39, 0.29) is 11.0 Å². The van der Waals surface area contributed by atoms with Crippen LogP contribution in [0.25, 0.3) is 0 Å². The second kappa shape index (κ2) is 9.99. The van der Waals surface area contributed by atoms with E-state index >= 15 is 0 Å². The molecule has 0 spiro atoms. The fourth-order valence-electron chi connectivity index (χ4n) is 2.22. The van der Waals surface area contributed by atoms with Gasteiger partial charge in [-0.05, 0) is 67.5 Å². The first kappa shape index (κ1) is 20.0. The van der Waals surface area contributed by atoms with Gasteiger partial charge in [-0.2, -0.15) is 0 Å². The predicted octanol–water partition coefficient (Wildman–Crippen LogP) is 4.33. The fourth-order valence-corrected chi connectivity index (χ4v) is 2.57. The van der Waals surface area contributed by atoms with Crippen LogP contribution in [-0.4, -0.2) is 24.7 Å². The molecule has 0 aliphatic rings. The minimum atomic E-state index is -0.172. The van der Waals surface area contributed by atoms with Gasteiger partial charge in [-0.1, -0.05) is 17.7 Å². The van der Waals surface area contributed by atoms with Gasteiger partial charge < -0.3 is 20.1 Å². The lowest BCUT2D eigenvalue weighted by molar-refractivity contribution is -0.119. The summed E-state index contributed by atoms with van der Waals surface area (Å²) in [6.45, 7) is 2.40. The van der Waals surface area contributed by atoms with E-state index in [9.17, 15) is 4.79 Å². The summed E-state index contributed by atoms with van der Waals surface area (Å²) >= 11 is 11.0. The first-order valence-electron chi connectivity index (χ1n) is 8.12. The van der Waals surface area contributed by atoms with Crippen LogP contribution in [0.2, 0.25) is 5.02 Å². The first-order chi connectivity index (χ1) is 12.5. The van der Waals surface area contributed by atoms with E-state index in [2.05, 4.69) is 10.6 Å². The smallest absolute Gasteiger partial charge is 0.226 e. The quantitative estimate of drug-likeness (QED) is 0.542. The van der Waals surface area contributed by atoms with Gasteiger partial charge in [0, 0.05) is 11.4 Å². The lowest BCUT2D eigenvalue weighted by Crippen LogP contribution is -2.34. The van der Waals surface area contributed by atoms with E-state index in [1.54, 1.807) is 31.4 Å². The number of carbonyl (C=O) groups is 1. The number of methoxy groups -OCH3 is 1. The van der Waals surface area contributed by atoms with Crippen molar-refractivity contribution in [3.63, 3.8) is 0 Å². The molecule has 0 aliphatic carbocycles. The van der Waals surface area contributed by atoms with Crippen LogP contribution >= 0.6 is 23.8 Å². The number of amides is 1. The van der Waals surface area contributed by atoms with Crippen molar-refractivity contribution < 1.29 is 14.3 Å². The zero-order valence-electron chi connectivity index (χ0n) is 14.7. The summed E-state index contributed by atoms with van der Waals surface area (Å²) in [5.74, 6) is 1.20. The number of anilines is 1. The van der Waals surface area contributed by atoms with Crippen molar-refractivity contribution in [3.05, 3.63) is 53.1 Å². The predicted molar refractivity (Wildman–Crippen MR) is 108 cm³/mol. The third-order valence-electron chi connectivity index (χ3n) is 3.49. The molecule has 0 aromatic heterocycles. The van der Waals surface area contributed by atoms with Crippen molar-refractivity contribution in [2.24, 2.45) is 0 Å². The number of ether oxygens (including phenoxy) is 2. The molecule has 5 nitrogen and oxygen atoms in total. The van der Waals surface area contributed by atoms with E-state index in [4.69, 9.17) is 33.3 Å². The topological polar surface area (TPSA) is 59.6 Å². The Balaban J connectivity index is 1.72. The maximum Gasteiger partial charge on any atom is 0.226 e. The molecule has 2 aromatic rings. The van der Waals surface area contributed by atoms with Gasteiger partial charge >= 0.3 is 0 Å². The highest BCUT2D eigenvalue weighted by Crippen LogP contribution is 2.25. The molecule has 0 fully saturated rings. The van der Waals surface area contributed by atoms with Crippen molar-refractivity contribution in [1.29, 1.82) is 0 Å². The molecular weight excluding hydrogens is 372 g/mol. The summed E-state index contributed by atoms with van der Waals surface area (Å²) in [5.41, 5.74) is 1.77. The zero-order valence-corrected chi connectivity index (χ0v) is 16.2. The molecule has 0 saturated carbocycles. The molecule has 2 aromatic carbocycles. The number of nitrogens with one attached hydrogen (secondary N) is 2. The molecule has 1 amide bonds. The van der Waals surface area contributed by atoms with E-state index < -0.39 is 0 Å². The number of carbonyl (C=O) groups excluding carboxylic acids is 1. The minimum Gasteiger partial charge on any atom is -0.495 e. The minimum absolute atomic E-state index is 0.172. The van der Waals surface area contributed by atoms with Gasteiger partial charge in [-0.25, -0.2) is 0 Å². The van der Waals surface area contributed by atoms with Gasteiger partial charge in [-0.3, -0.25) is 4.79 Å². The second-order valence-electron chi connectivity index (χ2n) is 5.61. The Bertz CT molecular complexity index is 766. The molecule has 0 atom stereocenters. The Hall–Kier alpha value is -2.31. The molecule has 2 rings (SSSR count). The molecule has 0 heterocycles. The lowest BCUT2D eigenvalue weighted by Gasteiger charge is -2.13. The summed E-state index contributed by atoms with van der Waals surface area (Å²) < 4.78 is 10.8. The van der Waals surface area contributed by atoms with Gasteiger partial charge in [0.05, 0.1) is 19.4 Å². The van der Waals surface area contributed by atoms with E-state index in [0.717, 1.165) is 11.3 Å². The van der Waals surface area contributed by atoms with Crippen LogP contribution in [0.5, 0.6) is 11.5 Å². The molecule has 26 heavy (non-hydrogen) atoms. The standard InChI is InChI=1S/C19H21ClN2O3S/c1-13-5-10-17(24-2)16(12-13)21-19(26)22-18(23)4-3-11-25-15-8-6-14(20)7-9-15/h5-10,12H,3-4,11H2,1-2H3,(H2,21,22,23,26). The normalized spacial score (nSPS) is 10.1. The Morgan fingerprint density at radius 3 is 2.62 bits per heavy atom. The summed E-state index contributed by atoms with van der Waals surface area (Å²) in [7, 11) is 1.58. The number of halogens is 1. The molecule has 0 unspecified atom stereocenters. The molecule has 0 bridgehead atoms. The highest BCUT2D eigenvalue weighted by molar-refractivity contribution is 7.80. The first-order valence-corrected chi connectivity index (χ1v) is 8.90. The Morgan fingerprint density at radius 1 is 1.19 bits per heavy atom. The van der Waals surface area contributed by atoms with Gasteiger partial charge in [0.2, 0.25) is 5.91 Å². The van der Waals surface area contributed by atoms with E-state index in [0.29, 0.717) is 35.9 Å². The highest BCUT2D eigenvalue weighted by atomic mass is 35.5. The average Bonchev–Trinajstić information content (AvgIpc) is 2.60. The number of benzene rings is 2. The third-order valence-corrected chi connectivity index (χ3v) is 3.94. The Labute approximate surface area is 163 Å². The third kappa shape index (κ3) is 6.54. The van der Waals surface area contributed by atoms with E-state index in [1.165, 1.54) is 0 Å². The number of hydrogen-bond donors (Lipinski definition) is 2. The van der Waals surface area contributed by atoms with Crippen molar-refractivity contribution in [3.8, 4) is 11.5 Å². The second-order valence-corrected chi connectivity index (χ2v) is 6.46. The maximum atomic E-state index is 12.0. The lowest BCUT2D eigenvalue weighted by atomic mass is 10.2. The Kier molecular flexibility index (Phi) is 7.69. The van der Waals surface area contributed by atoms with Crippen molar-refractivity contribution in [1.82, 2.24) is 5.32 Å². The SMILES string of the molecule is COc1ccc(C)cc1NC(=S)NC(=O)CCCOc1ccc(Cl)cc1. The van der Waals surface area contributed by atoms with Gasteiger partial charge in [-0.15, -0.1) is 0 Å². The monoisotopic (exact) mass is 392 g/mol. The number of thiocarbonyl (C=S) groups is 1. The fraction of sp³-hybridized carbons (Fsp3) is 0.263. The van der Waals surface area contributed by atoms with Crippen molar-refractivity contribution in [2.75, 3.05) is 19.0 Å². The van der Waals surface area contributed by atoms with Crippen molar-refractivity contribution >= 4 is 40.5 Å². The molecular formula is C19H21ClN2O3S. The van der Waals surface area contributed by atoms with Crippen molar-refractivity contribution in [2.45, 2.75) is 19.8 Å². The van der Waals surface area contributed by atoms with Crippen LogP contribution in [0, 0.1) is 6.92 Å². The number of aryl methyl sites for hydroxylation is 1. The average molecular weight is 393 g/mol. The summed E-state index contributed by atoms with van der Waals surface area (Å²) in [4.78, 5) is 12.0. The van der Waals surface area contributed by atoms with Gasteiger partial charge in [0.15, 0.2) is 5.11 Å². The van der Waals surface area contributed by atoms with Crippen LogP contribution in [0.4, 0.5) is 5.69 Å². The molecule has 0 saturated heterocycles. The van der Waals surface area contributed by atoms with Crippen LogP contribution in [-0.2, 0) is 4.79 Å². The summed E-state index contributed by atoms with van der Waals surface area (Å²) in [6, 6.07) is 12.8. The maximum absolute atomic E-state index is 12.0. The zero-order chi connectivity index (χ0) is 18.9. The van der Waals surface area contributed by atoms with Crippen LogP contribution in [0.1, 0.15) is 18.4 Å².